The Morgan fingerprint density at radius 1 is 1.33 bits per heavy atom. The summed E-state index contributed by atoms with van der Waals surface area (Å²) >= 11 is 0. The van der Waals surface area contributed by atoms with Crippen LogP contribution in [-0.4, -0.2) is 28.1 Å². The van der Waals surface area contributed by atoms with Crippen LogP contribution in [0.15, 0.2) is 30.3 Å². The number of nitrogens with one attached hydrogen (secondary N) is 2. The standard InChI is InChI=1S/C14H15FN4O2/c1-9-6-12(19(2)18-9)14(21)16-8-13(20)17-11-5-3-4-10(15)7-11/h3-7H,8H2,1-2H3,(H,16,21)(H,17,20). The summed E-state index contributed by atoms with van der Waals surface area (Å²) in [6.45, 7) is 1.56. The molecule has 1 heterocycles. The van der Waals surface area contributed by atoms with Gasteiger partial charge in [-0.2, -0.15) is 5.10 Å². The highest BCUT2D eigenvalue weighted by Gasteiger charge is 2.13. The minimum atomic E-state index is -0.442. The number of halogens is 1. The van der Waals surface area contributed by atoms with Crippen LogP contribution in [-0.2, 0) is 11.8 Å². The summed E-state index contributed by atoms with van der Waals surface area (Å²) in [7, 11) is 1.65. The molecule has 6 nitrogen and oxygen atoms in total. The molecule has 21 heavy (non-hydrogen) atoms. The molecule has 0 atom stereocenters. The smallest absolute Gasteiger partial charge is 0.269 e. The van der Waals surface area contributed by atoms with E-state index in [9.17, 15) is 14.0 Å². The SMILES string of the molecule is Cc1cc(C(=O)NCC(=O)Nc2cccc(F)c2)n(C)n1. The maximum Gasteiger partial charge on any atom is 0.269 e. The third kappa shape index (κ3) is 3.88. The van der Waals surface area contributed by atoms with Gasteiger partial charge >= 0.3 is 0 Å². The predicted molar refractivity (Wildman–Crippen MR) is 75.3 cm³/mol. The van der Waals surface area contributed by atoms with Crippen LogP contribution in [0.25, 0.3) is 0 Å². The van der Waals surface area contributed by atoms with Gasteiger partial charge in [0.2, 0.25) is 5.91 Å². The molecule has 0 radical (unpaired) electrons. The van der Waals surface area contributed by atoms with Gasteiger partial charge in [-0.1, -0.05) is 6.07 Å². The predicted octanol–water partition coefficient (Wildman–Crippen LogP) is 1.24. The Bertz CT molecular complexity index is 681. The maximum absolute atomic E-state index is 13.0. The van der Waals surface area contributed by atoms with Crippen LogP contribution in [0.4, 0.5) is 10.1 Å². The highest BCUT2D eigenvalue weighted by atomic mass is 19.1. The number of benzene rings is 1. The molecule has 2 aromatic rings. The molecule has 0 saturated carbocycles. The highest BCUT2D eigenvalue weighted by Crippen LogP contribution is 2.08. The van der Waals surface area contributed by atoms with Crippen molar-refractivity contribution in [1.82, 2.24) is 15.1 Å². The van der Waals surface area contributed by atoms with E-state index in [4.69, 9.17) is 0 Å². The summed E-state index contributed by atoms with van der Waals surface area (Å²) in [5.74, 6) is -1.28. The van der Waals surface area contributed by atoms with Crippen LogP contribution < -0.4 is 10.6 Å². The number of anilines is 1. The first-order valence-electron chi connectivity index (χ1n) is 6.30. The van der Waals surface area contributed by atoms with Crippen LogP contribution in [0.2, 0.25) is 0 Å². The van der Waals surface area contributed by atoms with E-state index in [0.717, 1.165) is 0 Å². The van der Waals surface area contributed by atoms with Gasteiger partial charge in [-0.3, -0.25) is 14.3 Å². The third-order valence-electron chi connectivity index (χ3n) is 2.75. The molecule has 0 aliphatic rings. The van der Waals surface area contributed by atoms with Crippen molar-refractivity contribution in [2.45, 2.75) is 6.92 Å². The molecule has 110 valence electrons. The second kappa shape index (κ2) is 6.17. The van der Waals surface area contributed by atoms with E-state index in [-0.39, 0.29) is 6.54 Å². The van der Waals surface area contributed by atoms with Crippen LogP contribution >= 0.6 is 0 Å². The largest absolute Gasteiger partial charge is 0.342 e. The zero-order valence-corrected chi connectivity index (χ0v) is 11.7. The van der Waals surface area contributed by atoms with Gasteiger partial charge in [0.25, 0.3) is 5.91 Å². The molecule has 0 spiro atoms. The van der Waals surface area contributed by atoms with E-state index >= 15 is 0 Å². The Morgan fingerprint density at radius 2 is 2.10 bits per heavy atom. The molecule has 1 aromatic heterocycles. The Hall–Kier alpha value is -2.70. The average Bonchev–Trinajstić information content (AvgIpc) is 2.75. The van der Waals surface area contributed by atoms with Gasteiger partial charge in [0, 0.05) is 12.7 Å². The number of hydrogen-bond acceptors (Lipinski definition) is 3. The van der Waals surface area contributed by atoms with Gasteiger partial charge in [0.05, 0.1) is 12.2 Å². The Labute approximate surface area is 121 Å². The molecule has 2 rings (SSSR count). The molecule has 0 unspecified atom stereocenters. The fraction of sp³-hybridized carbons (Fsp3) is 0.214. The fourth-order valence-electron chi connectivity index (χ4n) is 1.85. The van der Waals surface area contributed by atoms with Crippen molar-refractivity contribution in [3.8, 4) is 0 Å². The average molecular weight is 290 g/mol. The highest BCUT2D eigenvalue weighted by molar-refractivity contribution is 5.98. The second-order valence-electron chi connectivity index (χ2n) is 4.54. The van der Waals surface area contributed by atoms with E-state index in [1.807, 2.05) is 0 Å². The van der Waals surface area contributed by atoms with Crippen molar-refractivity contribution >= 4 is 17.5 Å². The van der Waals surface area contributed by atoms with Gasteiger partial charge < -0.3 is 10.6 Å². The van der Waals surface area contributed by atoms with Crippen molar-refractivity contribution in [3.63, 3.8) is 0 Å². The number of carbonyl (C=O) groups is 2. The van der Waals surface area contributed by atoms with E-state index in [1.54, 1.807) is 26.1 Å². The lowest BCUT2D eigenvalue weighted by Gasteiger charge is -2.07. The molecular formula is C14H15FN4O2. The molecule has 7 heteroatoms. The van der Waals surface area contributed by atoms with E-state index in [1.165, 1.54) is 22.9 Å². The number of nitrogens with zero attached hydrogens (tertiary/aromatic N) is 2. The van der Waals surface area contributed by atoms with E-state index < -0.39 is 17.6 Å². The van der Waals surface area contributed by atoms with Crippen LogP contribution in [0, 0.1) is 12.7 Å². The summed E-state index contributed by atoms with van der Waals surface area (Å²) < 4.78 is 14.4. The first-order valence-corrected chi connectivity index (χ1v) is 6.30. The Kier molecular flexibility index (Phi) is 4.32. The number of carbonyl (C=O) groups excluding carboxylic acids is 2. The van der Waals surface area contributed by atoms with Gasteiger partial charge in [-0.05, 0) is 31.2 Å². The molecular weight excluding hydrogens is 275 g/mol. The van der Waals surface area contributed by atoms with Crippen molar-refractivity contribution in [2.24, 2.45) is 7.05 Å². The Morgan fingerprint density at radius 3 is 2.71 bits per heavy atom. The lowest BCUT2D eigenvalue weighted by molar-refractivity contribution is -0.115. The number of aryl methyl sites for hydroxylation is 2. The van der Waals surface area contributed by atoms with E-state index in [2.05, 4.69) is 15.7 Å². The monoisotopic (exact) mass is 290 g/mol. The van der Waals surface area contributed by atoms with Crippen molar-refractivity contribution in [3.05, 3.63) is 47.5 Å². The van der Waals surface area contributed by atoms with Crippen LogP contribution in [0.5, 0.6) is 0 Å². The van der Waals surface area contributed by atoms with Crippen molar-refractivity contribution in [1.29, 1.82) is 0 Å². The fourth-order valence-corrected chi connectivity index (χ4v) is 1.85. The van der Waals surface area contributed by atoms with Gasteiger partial charge in [0.15, 0.2) is 0 Å². The van der Waals surface area contributed by atoms with Crippen LogP contribution in [0.3, 0.4) is 0 Å². The maximum atomic E-state index is 13.0. The molecule has 0 aliphatic heterocycles. The number of rotatable bonds is 4. The molecule has 0 bridgehead atoms. The first-order chi connectivity index (χ1) is 9.95. The summed E-state index contributed by atoms with van der Waals surface area (Å²) in [6.07, 6.45) is 0. The lowest BCUT2D eigenvalue weighted by Crippen LogP contribution is -2.33. The lowest BCUT2D eigenvalue weighted by atomic mass is 10.3. The number of hydrogen-bond donors (Lipinski definition) is 2. The van der Waals surface area contributed by atoms with E-state index in [0.29, 0.717) is 17.1 Å². The van der Waals surface area contributed by atoms with Crippen molar-refractivity contribution < 1.29 is 14.0 Å². The molecule has 0 saturated heterocycles. The molecule has 0 aliphatic carbocycles. The summed E-state index contributed by atoms with van der Waals surface area (Å²) in [4.78, 5) is 23.6. The zero-order chi connectivity index (χ0) is 15.4. The second-order valence-corrected chi connectivity index (χ2v) is 4.54. The quantitative estimate of drug-likeness (QED) is 0.889. The van der Waals surface area contributed by atoms with Gasteiger partial charge in [-0.15, -0.1) is 0 Å². The van der Waals surface area contributed by atoms with Crippen molar-refractivity contribution in [2.75, 3.05) is 11.9 Å². The first kappa shape index (κ1) is 14.7. The summed E-state index contributed by atoms with van der Waals surface area (Å²) in [5, 5.41) is 9.03. The third-order valence-corrected chi connectivity index (χ3v) is 2.75. The number of amides is 2. The number of aromatic nitrogens is 2. The van der Waals surface area contributed by atoms with Gasteiger partial charge in [-0.25, -0.2) is 4.39 Å². The minimum absolute atomic E-state index is 0.209. The molecule has 1 aromatic carbocycles. The summed E-state index contributed by atoms with van der Waals surface area (Å²) in [6, 6.07) is 7.15. The summed E-state index contributed by atoms with van der Waals surface area (Å²) in [5.41, 5.74) is 1.42. The Balaban J connectivity index is 1.89. The molecule has 2 N–H and O–H groups in total. The van der Waals surface area contributed by atoms with Crippen LogP contribution in [0.1, 0.15) is 16.2 Å². The zero-order valence-electron chi connectivity index (χ0n) is 11.7. The van der Waals surface area contributed by atoms with Gasteiger partial charge in [0.1, 0.15) is 11.5 Å². The minimum Gasteiger partial charge on any atom is -0.342 e. The molecule has 0 fully saturated rings. The topological polar surface area (TPSA) is 76.0 Å². The molecule has 2 amide bonds. The normalized spacial score (nSPS) is 10.2.